The van der Waals surface area contributed by atoms with Crippen LogP contribution in [-0.2, 0) is 4.74 Å². The van der Waals surface area contributed by atoms with E-state index in [1.807, 2.05) is 44.0 Å². The third kappa shape index (κ3) is 6.13. The van der Waals surface area contributed by atoms with Crippen LogP contribution in [0.2, 0.25) is 0 Å². The summed E-state index contributed by atoms with van der Waals surface area (Å²) < 4.78 is 5.58. The molecule has 1 N–H and O–H groups in total. The predicted octanol–water partition coefficient (Wildman–Crippen LogP) is 6.04. The van der Waals surface area contributed by atoms with Gasteiger partial charge in [-0.2, -0.15) is 0 Å². The van der Waals surface area contributed by atoms with Gasteiger partial charge in [0.25, 0.3) is 0 Å². The molecular formula is C29H36N4O2. The van der Waals surface area contributed by atoms with E-state index in [1.54, 1.807) is 0 Å². The van der Waals surface area contributed by atoms with Gasteiger partial charge in [0.2, 0.25) is 0 Å². The average Bonchev–Trinajstić information content (AvgIpc) is 2.83. The molecule has 0 aliphatic carbocycles. The fourth-order valence-electron chi connectivity index (χ4n) is 4.45. The van der Waals surface area contributed by atoms with Gasteiger partial charge in [-0.15, -0.1) is 0 Å². The molecule has 0 unspecified atom stereocenters. The quantitative estimate of drug-likeness (QED) is 0.491. The Morgan fingerprint density at radius 2 is 1.63 bits per heavy atom. The van der Waals surface area contributed by atoms with Crippen molar-refractivity contribution in [2.45, 2.75) is 52.3 Å². The van der Waals surface area contributed by atoms with E-state index in [0.29, 0.717) is 6.54 Å². The number of anilines is 2. The summed E-state index contributed by atoms with van der Waals surface area (Å²) in [6.45, 7) is 12.0. The summed E-state index contributed by atoms with van der Waals surface area (Å²) in [6.07, 6.45) is 1.68. The number of piperazine rings is 1. The van der Waals surface area contributed by atoms with Crippen molar-refractivity contribution in [2.24, 2.45) is 0 Å². The molecule has 1 amide bonds. The summed E-state index contributed by atoms with van der Waals surface area (Å²) in [5, 5.41) is 3.66. The maximum atomic E-state index is 12.6. The van der Waals surface area contributed by atoms with Gasteiger partial charge in [0, 0.05) is 25.7 Å². The zero-order chi connectivity index (χ0) is 25.0. The number of nitrogens with one attached hydrogen (secondary N) is 1. The van der Waals surface area contributed by atoms with Gasteiger partial charge in [0.15, 0.2) is 0 Å². The number of benzene rings is 2. The van der Waals surface area contributed by atoms with E-state index in [1.165, 1.54) is 11.1 Å². The van der Waals surface area contributed by atoms with Crippen molar-refractivity contribution >= 4 is 17.6 Å². The van der Waals surface area contributed by atoms with Crippen molar-refractivity contribution in [2.75, 3.05) is 29.9 Å². The van der Waals surface area contributed by atoms with Gasteiger partial charge < -0.3 is 19.9 Å². The first-order valence-corrected chi connectivity index (χ1v) is 12.3. The maximum Gasteiger partial charge on any atom is 0.410 e. The Morgan fingerprint density at radius 1 is 1.03 bits per heavy atom. The number of hydrogen-bond acceptors (Lipinski definition) is 5. The minimum Gasteiger partial charge on any atom is -0.444 e. The fraction of sp³-hybridized carbons (Fsp3) is 0.379. The van der Waals surface area contributed by atoms with Gasteiger partial charge in [-0.05, 0) is 57.4 Å². The van der Waals surface area contributed by atoms with Gasteiger partial charge in [-0.3, -0.25) is 0 Å². The van der Waals surface area contributed by atoms with Gasteiger partial charge in [-0.25, -0.2) is 9.78 Å². The Bertz CT molecular complexity index is 1090. The highest BCUT2D eigenvalue weighted by Gasteiger charge is 2.31. The number of rotatable bonds is 5. The first kappa shape index (κ1) is 24.6. The summed E-state index contributed by atoms with van der Waals surface area (Å²) in [5.74, 6) is 0.867. The number of aromatic nitrogens is 1. The Balaban J connectivity index is 1.48. The van der Waals surface area contributed by atoms with Crippen LogP contribution < -0.4 is 10.2 Å². The minimum atomic E-state index is -0.491. The molecule has 0 radical (unpaired) electrons. The molecule has 1 saturated heterocycles. The van der Waals surface area contributed by atoms with Crippen LogP contribution in [0.3, 0.4) is 0 Å². The molecule has 6 nitrogen and oxygen atoms in total. The van der Waals surface area contributed by atoms with Crippen molar-refractivity contribution in [1.29, 1.82) is 0 Å². The molecule has 0 spiro atoms. The van der Waals surface area contributed by atoms with Crippen LogP contribution in [0.15, 0.2) is 72.9 Å². The van der Waals surface area contributed by atoms with Gasteiger partial charge in [0.05, 0.1) is 17.9 Å². The first-order chi connectivity index (χ1) is 16.7. The van der Waals surface area contributed by atoms with Gasteiger partial charge in [0.1, 0.15) is 11.4 Å². The minimum absolute atomic E-state index is 0.00634. The number of aryl methyl sites for hydroxylation is 1. The second-order valence-electron chi connectivity index (χ2n) is 10.2. The third-order valence-electron chi connectivity index (χ3n) is 6.23. The van der Waals surface area contributed by atoms with E-state index in [9.17, 15) is 4.79 Å². The molecule has 1 aliphatic heterocycles. The topological polar surface area (TPSA) is 57.7 Å². The molecule has 1 aromatic heterocycles. The summed E-state index contributed by atoms with van der Waals surface area (Å²) in [4.78, 5) is 21.5. The van der Waals surface area contributed by atoms with Crippen molar-refractivity contribution in [3.05, 3.63) is 89.6 Å². The van der Waals surface area contributed by atoms with E-state index in [4.69, 9.17) is 9.72 Å². The van der Waals surface area contributed by atoms with Crippen LogP contribution in [0.5, 0.6) is 0 Å². The van der Waals surface area contributed by atoms with E-state index in [-0.39, 0.29) is 18.2 Å². The van der Waals surface area contributed by atoms with Gasteiger partial charge >= 0.3 is 6.09 Å². The highest BCUT2D eigenvalue weighted by atomic mass is 16.6. The average molecular weight is 473 g/mol. The van der Waals surface area contributed by atoms with E-state index in [0.717, 1.165) is 30.2 Å². The molecule has 1 aliphatic rings. The fourth-order valence-corrected chi connectivity index (χ4v) is 4.45. The maximum absolute atomic E-state index is 12.6. The lowest BCUT2D eigenvalue weighted by atomic mass is 9.98. The highest BCUT2D eigenvalue weighted by molar-refractivity contribution is 5.69. The first-order valence-electron chi connectivity index (χ1n) is 12.3. The molecule has 2 heterocycles. The Kier molecular flexibility index (Phi) is 7.29. The lowest BCUT2D eigenvalue weighted by Gasteiger charge is -2.41. The van der Waals surface area contributed by atoms with Crippen molar-refractivity contribution < 1.29 is 9.53 Å². The summed E-state index contributed by atoms with van der Waals surface area (Å²) in [7, 11) is 0. The lowest BCUT2D eigenvalue weighted by molar-refractivity contribution is 0.0159. The predicted molar refractivity (Wildman–Crippen MR) is 142 cm³/mol. The smallest absolute Gasteiger partial charge is 0.410 e. The number of carbonyl (C=O) groups excluding carboxylic acids is 1. The number of pyridine rings is 1. The molecule has 0 saturated carbocycles. The molecular weight excluding hydrogens is 436 g/mol. The molecule has 184 valence electrons. The number of ether oxygens (including phenoxy) is 1. The highest BCUT2D eigenvalue weighted by Crippen LogP contribution is 2.29. The zero-order valence-electron chi connectivity index (χ0n) is 21.4. The standard InChI is InChI=1S/C29H36N4O2/c1-21-18-25(32-16-17-33(22(2)20-32)28(34)35-29(3,4)5)19-30-27(21)31-26(23-12-8-6-9-13-23)24-14-10-7-11-15-24/h6-15,18-19,22,26H,16-17,20H2,1-5H3,(H,30,31)/t22-/m0/s1. The SMILES string of the molecule is Cc1cc(N2CCN(C(=O)OC(C)(C)C)[C@@H](C)C2)cnc1NC(c1ccccc1)c1ccccc1. The molecule has 3 aromatic rings. The molecule has 2 aromatic carbocycles. The van der Waals surface area contributed by atoms with Crippen molar-refractivity contribution in [3.63, 3.8) is 0 Å². The number of nitrogens with zero attached hydrogens (tertiary/aromatic N) is 3. The molecule has 6 heteroatoms. The second-order valence-corrected chi connectivity index (χ2v) is 10.2. The van der Waals surface area contributed by atoms with Crippen molar-refractivity contribution in [1.82, 2.24) is 9.88 Å². The van der Waals surface area contributed by atoms with E-state index < -0.39 is 5.60 Å². The van der Waals surface area contributed by atoms with Gasteiger partial charge in [-0.1, -0.05) is 60.7 Å². The summed E-state index contributed by atoms with van der Waals surface area (Å²) in [5.41, 5.74) is 4.04. The zero-order valence-corrected chi connectivity index (χ0v) is 21.4. The van der Waals surface area contributed by atoms with Crippen LogP contribution in [0.4, 0.5) is 16.3 Å². The molecule has 1 fully saturated rings. The Morgan fingerprint density at radius 3 is 2.14 bits per heavy atom. The number of amides is 1. The van der Waals surface area contributed by atoms with E-state index in [2.05, 4.69) is 78.7 Å². The molecule has 1 atom stereocenters. The van der Waals surface area contributed by atoms with E-state index >= 15 is 0 Å². The Hall–Kier alpha value is -3.54. The molecule has 0 bridgehead atoms. The Labute approximate surface area is 208 Å². The summed E-state index contributed by atoms with van der Waals surface area (Å²) >= 11 is 0. The van der Waals surface area contributed by atoms with Crippen LogP contribution in [0, 0.1) is 6.92 Å². The molecule has 35 heavy (non-hydrogen) atoms. The number of hydrogen-bond donors (Lipinski definition) is 1. The van der Waals surface area contributed by atoms with Crippen LogP contribution in [0.1, 0.15) is 50.4 Å². The van der Waals surface area contributed by atoms with Crippen LogP contribution in [0.25, 0.3) is 0 Å². The normalized spacial score (nSPS) is 16.3. The molecule has 4 rings (SSSR count). The monoisotopic (exact) mass is 472 g/mol. The second kappa shape index (κ2) is 10.4. The van der Waals surface area contributed by atoms with Crippen molar-refractivity contribution in [3.8, 4) is 0 Å². The summed E-state index contributed by atoms with van der Waals surface area (Å²) in [6, 6.07) is 23.1. The number of carbonyl (C=O) groups is 1. The van der Waals surface area contributed by atoms with Crippen LogP contribution in [-0.4, -0.2) is 47.3 Å². The third-order valence-corrected chi connectivity index (χ3v) is 6.23. The van der Waals surface area contributed by atoms with Crippen LogP contribution >= 0.6 is 0 Å². The lowest BCUT2D eigenvalue weighted by Crippen LogP contribution is -2.55. The largest absolute Gasteiger partial charge is 0.444 e.